The van der Waals surface area contributed by atoms with Crippen LogP contribution in [0.5, 0.6) is 0 Å². The van der Waals surface area contributed by atoms with Gasteiger partial charge in [-0.1, -0.05) is 0 Å². The van der Waals surface area contributed by atoms with Crippen molar-refractivity contribution in [3.8, 4) is 0 Å². The smallest absolute Gasteiger partial charge is 0.870 e. The second-order valence-electron chi connectivity index (χ2n) is 0.303. The normalized spacial score (nSPS) is 6.86. The Balaban J connectivity index is -0.0000000800. The number of hydrogen-bond acceptors (Lipinski definition) is 2. The molecule has 39 valence electrons. The van der Waals surface area contributed by atoms with E-state index in [1.54, 1.807) is 0 Å². The molecule has 0 heterocycles. The third kappa shape index (κ3) is 17.9. The quantitative estimate of drug-likeness (QED) is 0.487. The van der Waals surface area contributed by atoms with Crippen molar-refractivity contribution in [1.82, 2.24) is 0 Å². The fourth-order valence-electron chi connectivity index (χ4n) is 0. The molecule has 7 heavy (non-hydrogen) atoms. The van der Waals surface area contributed by atoms with Crippen molar-refractivity contribution in [3.63, 3.8) is 0 Å². The summed E-state index contributed by atoms with van der Waals surface area (Å²) >= 11 is -4.75. The standard InChI is InChI=1S/FO.2FH.K.H2O.Sn/c1-2;;;;;/h;2*1H;;1H2;/q-1;;;+1;;+3/p-3. The molecule has 1 N–H and O–H groups in total. The maximum Gasteiger partial charge on any atom is 1.00 e. The molecule has 0 saturated carbocycles. The van der Waals surface area contributed by atoms with E-state index in [2.05, 4.69) is 3.28 Å². The summed E-state index contributed by atoms with van der Waals surface area (Å²) in [5, 5.41) is 0. The monoisotopic (exact) mass is 249 g/mol. The van der Waals surface area contributed by atoms with Gasteiger partial charge in [0.1, 0.15) is 0 Å². The molecule has 2 nitrogen and oxygen atoms in total. The summed E-state index contributed by atoms with van der Waals surface area (Å²) in [6.07, 6.45) is 0. The van der Waals surface area contributed by atoms with Crippen molar-refractivity contribution in [2.75, 3.05) is 0 Å². The third-order valence-electron chi connectivity index (χ3n) is 0.0583. The Labute approximate surface area is 89.9 Å². The molecule has 7 heteroatoms. The van der Waals surface area contributed by atoms with Gasteiger partial charge in [0.15, 0.2) is 0 Å². The first-order valence-corrected chi connectivity index (χ1v) is 4.06. The minimum Gasteiger partial charge on any atom is -0.870 e. The van der Waals surface area contributed by atoms with Crippen LogP contribution in [0.2, 0.25) is 0 Å². The van der Waals surface area contributed by atoms with Crippen molar-refractivity contribution in [2.24, 2.45) is 0 Å². The Morgan fingerprint density at radius 1 is 1.29 bits per heavy atom. The summed E-state index contributed by atoms with van der Waals surface area (Å²) in [7, 11) is 0. The molecule has 0 aromatic heterocycles. The molecule has 0 rings (SSSR count). The van der Waals surface area contributed by atoms with Gasteiger partial charge in [0.2, 0.25) is 0 Å². The average molecular weight is 248 g/mol. The van der Waals surface area contributed by atoms with Gasteiger partial charge in [0.05, 0.1) is 0 Å². The van der Waals surface area contributed by atoms with Gasteiger partial charge in [-0.2, -0.15) is 0 Å². The van der Waals surface area contributed by atoms with E-state index < -0.39 is 21.3 Å². The van der Waals surface area contributed by atoms with E-state index in [9.17, 15) is 10.3 Å². The van der Waals surface area contributed by atoms with Gasteiger partial charge in [-0.15, -0.1) is 0 Å². The summed E-state index contributed by atoms with van der Waals surface area (Å²) in [5.74, 6) is 0. The van der Waals surface area contributed by atoms with E-state index in [4.69, 9.17) is 0 Å². The second kappa shape index (κ2) is 11.0. The van der Waals surface area contributed by atoms with Crippen LogP contribution in [-0.4, -0.2) is 26.8 Å². The fourth-order valence-corrected chi connectivity index (χ4v) is 0. The SMILES string of the molecule is F[O][Sn]([F])[F].[K+].[OH-]. The molecule has 1 radical (unpaired) electrons. The Kier molecular flexibility index (Phi) is 25.3. The van der Waals surface area contributed by atoms with Gasteiger partial charge < -0.3 is 5.48 Å². The fraction of sp³-hybridized carbons (Fsp3) is 0. The zero-order chi connectivity index (χ0) is 4.28. The molecule has 0 amide bonds. The molecule has 0 bridgehead atoms. The second-order valence-corrected chi connectivity index (χ2v) is 2.03. The Morgan fingerprint density at radius 2 is 1.43 bits per heavy atom. The van der Waals surface area contributed by atoms with Gasteiger partial charge >= 0.3 is 86.2 Å². The van der Waals surface area contributed by atoms with Crippen LogP contribution < -0.4 is 51.4 Å². The maximum absolute atomic E-state index is 10.4. The van der Waals surface area contributed by atoms with Crippen LogP contribution in [0.3, 0.4) is 0 Å². The van der Waals surface area contributed by atoms with Crippen LogP contribution in [0, 0.1) is 0 Å². The van der Waals surface area contributed by atoms with E-state index in [0.29, 0.717) is 0 Å². The number of hydrogen-bond donors (Lipinski definition) is 0. The molecule has 0 aliphatic rings. The third-order valence-corrected chi connectivity index (χ3v) is 0.391. The van der Waals surface area contributed by atoms with Crippen LogP contribution >= 0.6 is 0 Å². The van der Waals surface area contributed by atoms with Gasteiger partial charge in [-0.3, -0.25) is 0 Å². The minimum absolute atomic E-state index is 0. The van der Waals surface area contributed by atoms with Gasteiger partial charge in [0.25, 0.3) is 0 Å². The van der Waals surface area contributed by atoms with E-state index in [1.165, 1.54) is 0 Å². The average Bonchev–Trinajstić information content (AvgIpc) is 1.38. The zero-order valence-corrected chi connectivity index (χ0v) is 9.47. The van der Waals surface area contributed by atoms with Crippen LogP contribution in [0.4, 0.5) is 10.3 Å². The minimum atomic E-state index is -4.75. The first-order valence-electron chi connectivity index (χ1n) is 0.736. The van der Waals surface area contributed by atoms with Crippen molar-refractivity contribution in [3.05, 3.63) is 0 Å². The maximum atomic E-state index is 10.4. The van der Waals surface area contributed by atoms with Crippen molar-refractivity contribution in [2.45, 2.75) is 0 Å². The molecule has 0 spiro atoms. The summed E-state index contributed by atoms with van der Waals surface area (Å²) in [5.41, 5.74) is 0. The summed E-state index contributed by atoms with van der Waals surface area (Å²) in [6, 6.07) is 0. The summed E-state index contributed by atoms with van der Waals surface area (Å²) in [6.45, 7) is 0. The zero-order valence-electron chi connectivity index (χ0n) is 3.49. The van der Waals surface area contributed by atoms with E-state index in [-0.39, 0.29) is 56.9 Å². The van der Waals surface area contributed by atoms with Gasteiger partial charge in [-0.05, 0) is 0 Å². The molecule has 0 unspecified atom stereocenters. The van der Waals surface area contributed by atoms with Gasteiger partial charge in [0, 0.05) is 0 Å². The Morgan fingerprint density at radius 3 is 1.43 bits per heavy atom. The van der Waals surface area contributed by atoms with Crippen LogP contribution in [0.25, 0.3) is 0 Å². The predicted molar refractivity (Wildman–Crippen MR) is 12.1 cm³/mol. The summed E-state index contributed by atoms with van der Waals surface area (Å²) < 4.78 is 32.8. The molecular formula is HF3KO2Sn. The first kappa shape index (κ1) is 16.1. The van der Waals surface area contributed by atoms with Crippen LogP contribution in [0.1, 0.15) is 0 Å². The molecule has 0 aromatic rings. The predicted octanol–water partition coefficient (Wildman–Crippen LogP) is -2.36. The molecule has 0 atom stereocenters. The van der Waals surface area contributed by atoms with Crippen LogP contribution in [-0.2, 0) is 3.28 Å². The Bertz CT molecular complexity index is 26.9. The molecule has 0 aliphatic carbocycles. The summed E-state index contributed by atoms with van der Waals surface area (Å²) in [4.78, 5) is 0. The molecular weight excluding hydrogens is 247 g/mol. The Hall–Kier alpha value is 2.15. The number of halogens is 3. The molecule has 0 aromatic carbocycles. The molecule has 0 fully saturated rings. The van der Waals surface area contributed by atoms with E-state index >= 15 is 0 Å². The molecule has 0 saturated heterocycles. The topological polar surface area (TPSA) is 39.2 Å². The van der Waals surface area contributed by atoms with E-state index in [0.717, 1.165) is 0 Å². The van der Waals surface area contributed by atoms with E-state index in [1.807, 2.05) is 0 Å². The largest absolute Gasteiger partial charge is 1.00 e. The first-order chi connectivity index (χ1) is 2.27. The van der Waals surface area contributed by atoms with Crippen molar-refractivity contribution < 1.29 is 70.4 Å². The van der Waals surface area contributed by atoms with Gasteiger partial charge in [-0.25, -0.2) is 0 Å². The van der Waals surface area contributed by atoms with Crippen LogP contribution in [0.15, 0.2) is 0 Å². The number of rotatable bonds is 1. The molecule has 0 aliphatic heterocycles. The van der Waals surface area contributed by atoms with Crippen molar-refractivity contribution in [1.29, 1.82) is 0 Å². The van der Waals surface area contributed by atoms with Crippen molar-refractivity contribution >= 4 is 21.3 Å².